The van der Waals surface area contributed by atoms with Crippen LogP contribution in [0, 0.1) is 5.82 Å². The third kappa shape index (κ3) is 6.86. The number of carbonyl (C=O) groups is 1. The average Bonchev–Trinajstić information content (AvgIpc) is 2.93. The predicted molar refractivity (Wildman–Crippen MR) is 143 cm³/mol. The summed E-state index contributed by atoms with van der Waals surface area (Å²) in [6, 6.07) is 18.9. The van der Waals surface area contributed by atoms with Crippen molar-refractivity contribution in [3.05, 3.63) is 112 Å². The van der Waals surface area contributed by atoms with Crippen LogP contribution in [0.5, 0.6) is 11.5 Å². The number of aliphatic hydroxyl groups excluding tert-OH is 1. The number of primary amides is 1. The zero-order valence-corrected chi connectivity index (χ0v) is 21.2. The first-order chi connectivity index (χ1) is 18.5. The molecule has 3 aromatic carbocycles. The highest BCUT2D eigenvalue weighted by Crippen LogP contribution is 2.33. The number of rotatable bonds is 12. The number of hydrogen-bond donors (Lipinski definition) is 3. The smallest absolute Gasteiger partial charge is 0.250 e. The number of nitrogens with one attached hydrogen (secondary N) is 1. The molecular weight excluding hydrogens is 509 g/mol. The Balaban J connectivity index is 1.52. The molecule has 0 aliphatic rings. The number of halogens is 2. The molecule has 196 valence electrons. The van der Waals surface area contributed by atoms with Crippen molar-refractivity contribution in [2.45, 2.75) is 19.8 Å². The van der Waals surface area contributed by atoms with Crippen molar-refractivity contribution < 1.29 is 23.8 Å². The summed E-state index contributed by atoms with van der Waals surface area (Å²) in [5, 5.41) is 12.6. The number of aromatic nitrogens is 1. The van der Waals surface area contributed by atoms with Crippen LogP contribution in [-0.4, -0.2) is 29.1 Å². The summed E-state index contributed by atoms with van der Waals surface area (Å²) in [6.07, 6.45) is 3.00. The maximum Gasteiger partial charge on any atom is 0.250 e. The van der Waals surface area contributed by atoms with Crippen molar-refractivity contribution in [3.63, 3.8) is 0 Å². The van der Waals surface area contributed by atoms with E-state index in [1.807, 2.05) is 24.3 Å². The average molecular weight is 536 g/mol. The van der Waals surface area contributed by atoms with Crippen LogP contribution in [0.1, 0.15) is 27.0 Å². The number of aliphatic hydroxyl groups is 1. The molecular formula is C29H27ClFN3O4. The van der Waals surface area contributed by atoms with E-state index >= 15 is 0 Å². The highest BCUT2D eigenvalue weighted by molar-refractivity contribution is 6.34. The molecule has 0 atom stereocenters. The molecule has 4 rings (SSSR count). The van der Waals surface area contributed by atoms with Crippen LogP contribution in [-0.2, 0) is 19.8 Å². The molecule has 1 aromatic heterocycles. The standard InChI is InChI=1S/C29H27ClFN3O4/c30-28-21(4-3-6-25(28)24-5-1-2-7-26(24)31)18-37-23-9-8-20(15-33-10-11-35)27(13-23)38-17-19-12-22(29(32)36)16-34-14-19/h1-9,12-14,16,33,35H,10-11,15,17-18H2,(H2,32,36). The maximum atomic E-state index is 14.3. The largest absolute Gasteiger partial charge is 0.489 e. The summed E-state index contributed by atoms with van der Waals surface area (Å²) < 4.78 is 26.4. The number of benzene rings is 3. The van der Waals surface area contributed by atoms with E-state index in [4.69, 9.17) is 31.9 Å². The second-order valence-corrected chi connectivity index (χ2v) is 8.83. The molecule has 0 bridgehead atoms. The third-order valence-corrected chi connectivity index (χ3v) is 6.20. The topological polar surface area (TPSA) is 107 Å². The molecule has 0 saturated heterocycles. The number of carbonyl (C=O) groups excluding carboxylic acids is 1. The van der Waals surface area contributed by atoms with Crippen LogP contribution in [0.2, 0.25) is 5.02 Å². The number of hydrogen-bond acceptors (Lipinski definition) is 6. The van der Waals surface area contributed by atoms with Crippen molar-refractivity contribution in [3.8, 4) is 22.6 Å². The maximum absolute atomic E-state index is 14.3. The summed E-state index contributed by atoms with van der Waals surface area (Å²) in [5.41, 5.74) is 8.89. The molecule has 38 heavy (non-hydrogen) atoms. The SMILES string of the molecule is NC(=O)c1cncc(COc2cc(OCc3cccc(-c4ccccc4F)c3Cl)ccc2CNCCO)c1. The second-order valence-electron chi connectivity index (χ2n) is 8.45. The van der Waals surface area contributed by atoms with Crippen molar-refractivity contribution in [1.82, 2.24) is 10.3 Å². The van der Waals surface area contributed by atoms with Gasteiger partial charge in [-0.05, 0) is 18.2 Å². The molecule has 0 aliphatic carbocycles. The van der Waals surface area contributed by atoms with E-state index in [2.05, 4.69) is 10.3 Å². The first-order valence-electron chi connectivity index (χ1n) is 11.9. The molecule has 9 heteroatoms. The zero-order chi connectivity index (χ0) is 26.9. The van der Waals surface area contributed by atoms with Gasteiger partial charge in [0.15, 0.2) is 0 Å². The van der Waals surface area contributed by atoms with Gasteiger partial charge in [-0.2, -0.15) is 0 Å². The van der Waals surface area contributed by atoms with Crippen molar-refractivity contribution in [2.75, 3.05) is 13.2 Å². The third-order valence-electron chi connectivity index (χ3n) is 5.75. The number of amides is 1. The molecule has 4 aromatic rings. The molecule has 1 amide bonds. The van der Waals surface area contributed by atoms with Crippen LogP contribution >= 0.6 is 11.6 Å². The Hall–Kier alpha value is -3.98. The van der Waals surface area contributed by atoms with Gasteiger partial charge in [-0.1, -0.05) is 54.1 Å². The van der Waals surface area contributed by atoms with Crippen LogP contribution < -0.4 is 20.5 Å². The van der Waals surface area contributed by atoms with E-state index in [9.17, 15) is 9.18 Å². The molecule has 0 fully saturated rings. The highest BCUT2D eigenvalue weighted by atomic mass is 35.5. The Morgan fingerprint density at radius 3 is 2.58 bits per heavy atom. The minimum Gasteiger partial charge on any atom is -0.489 e. The first kappa shape index (κ1) is 27.1. The van der Waals surface area contributed by atoms with Crippen LogP contribution in [0.15, 0.2) is 79.1 Å². The number of ether oxygens (including phenoxy) is 2. The Morgan fingerprint density at radius 2 is 1.79 bits per heavy atom. The van der Waals surface area contributed by atoms with Gasteiger partial charge in [0.2, 0.25) is 5.91 Å². The molecule has 4 N–H and O–H groups in total. The van der Waals surface area contributed by atoms with Gasteiger partial charge in [0.25, 0.3) is 0 Å². The Bertz CT molecular complexity index is 1420. The summed E-state index contributed by atoms with van der Waals surface area (Å²) in [4.78, 5) is 15.5. The lowest BCUT2D eigenvalue weighted by molar-refractivity contribution is 0.0999. The number of nitrogens with zero attached hydrogens (tertiary/aromatic N) is 1. The molecule has 0 unspecified atom stereocenters. The summed E-state index contributed by atoms with van der Waals surface area (Å²) >= 11 is 6.62. The van der Waals surface area contributed by atoms with Gasteiger partial charge in [0.05, 0.1) is 17.2 Å². The first-order valence-corrected chi connectivity index (χ1v) is 12.3. The Labute approximate surface area is 225 Å². The van der Waals surface area contributed by atoms with Gasteiger partial charge in [0.1, 0.15) is 30.5 Å². The van der Waals surface area contributed by atoms with Gasteiger partial charge < -0.3 is 25.6 Å². The molecule has 7 nitrogen and oxygen atoms in total. The quantitative estimate of drug-likeness (QED) is 0.223. The van der Waals surface area contributed by atoms with Gasteiger partial charge in [-0.25, -0.2) is 4.39 Å². The lowest BCUT2D eigenvalue weighted by Crippen LogP contribution is -2.18. The van der Waals surface area contributed by atoms with Gasteiger partial charge in [0, 0.05) is 59.4 Å². The van der Waals surface area contributed by atoms with Gasteiger partial charge in [-0.15, -0.1) is 0 Å². The van der Waals surface area contributed by atoms with E-state index in [-0.39, 0.29) is 25.6 Å². The minimum atomic E-state index is -0.568. The zero-order valence-electron chi connectivity index (χ0n) is 20.5. The molecule has 0 saturated carbocycles. The number of nitrogens with two attached hydrogens (primary N) is 1. The lowest BCUT2D eigenvalue weighted by Gasteiger charge is -2.16. The fourth-order valence-electron chi connectivity index (χ4n) is 3.81. The van der Waals surface area contributed by atoms with E-state index in [1.165, 1.54) is 12.3 Å². The van der Waals surface area contributed by atoms with Gasteiger partial charge in [-0.3, -0.25) is 9.78 Å². The summed E-state index contributed by atoms with van der Waals surface area (Å²) in [5.74, 6) is 0.184. The molecule has 1 heterocycles. The monoisotopic (exact) mass is 535 g/mol. The minimum absolute atomic E-state index is 0.00959. The number of pyridine rings is 1. The molecule has 0 aliphatic heterocycles. The van der Waals surface area contributed by atoms with Gasteiger partial charge >= 0.3 is 0 Å². The van der Waals surface area contributed by atoms with E-state index in [0.717, 1.165) is 5.56 Å². The van der Waals surface area contributed by atoms with Crippen molar-refractivity contribution in [2.24, 2.45) is 5.73 Å². The molecule has 0 radical (unpaired) electrons. The fourth-order valence-corrected chi connectivity index (χ4v) is 4.09. The van der Waals surface area contributed by atoms with Crippen LogP contribution in [0.3, 0.4) is 0 Å². The molecule has 0 spiro atoms. The normalized spacial score (nSPS) is 10.8. The highest BCUT2D eigenvalue weighted by Gasteiger charge is 2.13. The summed E-state index contributed by atoms with van der Waals surface area (Å²) in [7, 11) is 0. The van der Waals surface area contributed by atoms with Crippen molar-refractivity contribution >= 4 is 17.5 Å². The van der Waals surface area contributed by atoms with E-state index in [0.29, 0.717) is 57.4 Å². The Morgan fingerprint density at radius 1 is 0.974 bits per heavy atom. The lowest BCUT2D eigenvalue weighted by atomic mass is 10.0. The second kappa shape index (κ2) is 13.0. The Kier molecular flexibility index (Phi) is 9.26. The van der Waals surface area contributed by atoms with Crippen molar-refractivity contribution in [1.29, 1.82) is 0 Å². The van der Waals surface area contributed by atoms with Crippen LogP contribution in [0.25, 0.3) is 11.1 Å². The predicted octanol–water partition coefficient (Wildman–Crippen LogP) is 4.88. The summed E-state index contributed by atoms with van der Waals surface area (Å²) in [6.45, 7) is 1.22. The van der Waals surface area contributed by atoms with E-state index < -0.39 is 5.91 Å². The fraction of sp³-hybridized carbons (Fsp3) is 0.172. The van der Waals surface area contributed by atoms with Crippen LogP contribution in [0.4, 0.5) is 4.39 Å². The van der Waals surface area contributed by atoms with E-state index in [1.54, 1.807) is 42.6 Å².